The molecule has 24 nitrogen and oxygen atoms in total. The maximum Gasteiger partial charge on any atom is 0.329 e. The second kappa shape index (κ2) is 36.2. The minimum atomic E-state index is -2.51. The second-order valence-corrected chi connectivity index (χ2v) is 25.3. The number of nitrogens with one attached hydrogen (secondary N) is 2. The summed E-state index contributed by atoms with van der Waals surface area (Å²) in [5.41, 5.74) is 6.65. The molecule has 2 bridgehead atoms. The van der Waals surface area contributed by atoms with Crippen LogP contribution >= 0.6 is 11.8 Å². The molecule has 88 heavy (non-hydrogen) atoms. The van der Waals surface area contributed by atoms with Gasteiger partial charge in [-0.05, 0) is 113 Å². The molecule has 0 aromatic heterocycles. The number of Topliss-reactive ketones (excluding diaryl/α,β-unsaturated/α-hetero) is 3. The first kappa shape index (κ1) is 74.8. The van der Waals surface area contributed by atoms with Crippen molar-refractivity contribution in [3.05, 3.63) is 47.6 Å². The molecule has 4 aliphatic rings. The third-order valence-corrected chi connectivity index (χ3v) is 18.3. The van der Waals surface area contributed by atoms with E-state index in [1.807, 2.05) is 51.2 Å². The van der Waals surface area contributed by atoms with E-state index in [2.05, 4.69) is 10.6 Å². The molecule has 1 unspecified atom stereocenters. The van der Waals surface area contributed by atoms with Crippen LogP contribution in [0.15, 0.2) is 47.6 Å². The summed E-state index contributed by atoms with van der Waals surface area (Å²) in [4.78, 5) is 134. The summed E-state index contributed by atoms with van der Waals surface area (Å²) >= 11 is 0.935. The van der Waals surface area contributed by atoms with Gasteiger partial charge >= 0.3 is 23.9 Å². The number of nitrogens with two attached hydrogens (primary N) is 1. The summed E-state index contributed by atoms with van der Waals surface area (Å²) in [6.45, 7) is 11.6. The molecule has 3 fully saturated rings. The Labute approximate surface area is 520 Å². The normalized spacial score (nSPS) is 33.4. The summed E-state index contributed by atoms with van der Waals surface area (Å²) in [5, 5.41) is 46.4. The van der Waals surface area contributed by atoms with Gasteiger partial charge in [0.15, 0.2) is 5.78 Å². The van der Waals surface area contributed by atoms with Gasteiger partial charge in [-0.15, -0.1) is 11.8 Å². The number of methoxy groups -OCH3 is 3. The van der Waals surface area contributed by atoms with Crippen molar-refractivity contribution in [1.82, 2.24) is 15.5 Å². The van der Waals surface area contributed by atoms with E-state index in [0.717, 1.165) is 22.2 Å². The van der Waals surface area contributed by atoms with Crippen LogP contribution in [0.25, 0.3) is 0 Å². The number of aliphatic hydroxyl groups excluding tert-OH is 1. The van der Waals surface area contributed by atoms with Crippen molar-refractivity contribution < 1.29 is 96.8 Å². The van der Waals surface area contributed by atoms with Gasteiger partial charge in [0.1, 0.15) is 54.9 Å². The van der Waals surface area contributed by atoms with Crippen LogP contribution in [0.3, 0.4) is 0 Å². The number of esters is 2. The minimum Gasteiger partial charge on any atom is -0.480 e. The van der Waals surface area contributed by atoms with Crippen LogP contribution in [-0.2, 0) is 76.4 Å². The van der Waals surface area contributed by atoms with Crippen molar-refractivity contribution in [2.45, 2.75) is 205 Å². The molecule has 0 aromatic carbocycles. The molecule has 0 aromatic rings. The lowest BCUT2D eigenvalue weighted by Gasteiger charge is -2.42. The topological polar surface area (TPSA) is 360 Å². The highest BCUT2D eigenvalue weighted by atomic mass is 32.2. The Kier molecular flexibility index (Phi) is 30.8. The van der Waals surface area contributed by atoms with Crippen molar-refractivity contribution in [2.75, 3.05) is 45.9 Å². The van der Waals surface area contributed by atoms with E-state index >= 15 is 0 Å². The summed E-state index contributed by atoms with van der Waals surface area (Å²) in [6.07, 6.45) is 8.18. The number of carboxylic acid groups (broad SMARTS) is 2. The standard InChI is InChI=1S/C63H96N4O20S/c1-35-16-12-11-13-17-36(2)49(82-8)30-43-21-19-41(7)63(81,87-43)58(75)60(77)67-25-15-14-18-46(67)62(80)86-50(31-47(68)37(3)27-40(6)56(74)57(84-10)55(73)39(5)26-35)38(4)28-42-20-23-48(51(29-42)83-9)85-54(72)34-88-33-45(59(76)65-32-53(70)71)66-52(69)24-22-44(64)61(78)79/h11-13,16-17,27,35,37-39,41-46,48-51,56-57,74,81H,14-15,18-26,28-34,64H2,1-10H3,(H,65,76)(H,66,69)(H,70,71)(H,78,79)/b13-11+,16-12-,36-17+,40-27+/t35-,37+,38+,39+,41+,42-,43-,44-,45-,46-,48+,49-,50?,51+,56+,57-,63+/m0/s1. The number of hydrogen-bond acceptors (Lipinski definition) is 20. The van der Waals surface area contributed by atoms with Gasteiger partial charge in [0.25, 0.3) is 11.7 Å². The van der Waals surface area contributed by atoms with Crippen LogP contribution in [0.5, 0.6) is 0 Å². The minimum absolute atomic E-state index is 0.00480. The fraction of sp³-hybridized carbons (Fsp3) is 0.714. The third-order valence-electron chi connectivity index (χ3n) is 17.3. The predicted octanol–water partition coefficient (Wildman–Crippen LogP) is 4.34. The number of carboxylic acids is 2. The van der Waals surface area contributed by atoms with E-state index in [4.69, 9.17) is 44.4 Å². The lowest BCUT2D eigenvalue weighted by atomic mass is 9.78. The molecular weight excluding hydrogens is 1160 g/mol. The fourth-order valence-corrected chi connectivity index (χ4v) is 12.7. The first-order chi connectivity index (χ1) is 41.5. The number of ether oxygens (including phenoxy) is 6. The number of cyclic esters (lactones) is 1. The van der Waals surface area contributed by atoms with Crippen LogP contribution in [0.4, 0.5) is 0 Å². The highest BCUT2D eigenvalue weighted by Crippen LogP contribution is 2.38. The lowest BCUT2D eigenvalue weighted by Crippen LogP contribution is -2.61. The Morgan fingerprint density at radius 3 is 2.25 bits per heavy atom. The van der Waals surface area contributed by atoms with E-state index in [1.165, 1.54) is 14.2 Å². The molecule has 25 heteroatoms. The van der Waals surface area contributed by atoms with Gasteiger partial charge in [-0.2, -0.15) is 0 Å². The van der Waals surface area contributed by atoms with Crippen molar-refractivity contribution >= 4 is 70.7 Å². The first-order valence-corrected chi connectivity index (χ1v) is 31.7. The van der Waals surface area contributed by atoms with Crippen LogP contribution in [0.1, 0.15) is 138 Å². The maximum absolute atomic E-state index is 14.7. The molecule has 1 aliphatic carbocycles. The average molecular weight is 1260 g/mol. The smallest absolute Gasteiger partial charge is 0.329 e. The number of piperidine rings is 1. The molecule has 3 amide bonds. The molecule has 17 atom stereocenters. The Morgan fingerprint density at radius 2 is 1.59 bits per heavy atom. The second-order valence-electron chi connectivity index (χ2n) is 24.3. The number of ketones is 3. The van der Waals surface area contributed by atoms with Crippen LogP contribution in [0.2, 0.25) is 0 Å². The Bertz CT molecular complexity index is 2560. The monoisotopic (exact) mass is 1260 g/mol. The molecule has 3 heterocycles. The van der Waals surface area contributed by atoms with Crippen LogP contribution < -0.4 is 16.4 Å². The summed E-state index contributed by atoms with van der Waals surface area (Å²) < 4.78 is 35.7. The van der Waals surface area contributed by atoms with Crippen LogP contribution in [-0.4, -0.2) is 197 Å². The molecule has 1 saturated carbocycles. The van der Waals surface area contributed by atoms with Crippen molar-refractivity contribution in [3.8, 4) is 0 Å². The number of aliphatic hydroxyl groups is 2. The highest BCUT2D eigenvalue weighted by Gasteiger charge is 2.53. The average Bonchev–Trinajstić information content (AvgIpc) is 2.33. The molecule has 494 valence electrons. The Morgan fingerprint density at radius 1 is 0.875 bits per heavy atom. The number of thioether (sulfide) groups is 1. The largest absolute Gasteiger partial charge is 0.480 e. The number of nitrogens with zero attached hydrogens (tertiary/aromatic N) is 1. The molecule has 8 N–H and O–H groups in total. The maximum atomic E-state index is 14.7. The highest BCUT2D eigenvalue weighted by molar-refractivity contribution is 8.00. The quantitative estimate of drug-likeness (QED) is 0.0537. The summed E-state index contributed by atoms with van der Waals surface area (Å²) in [5.74, 6) is -14.5. The zero-order chi connectivity index (χ0) is 65.6. The predicted molar refractivity (Wildman–Crippen MR) is 324 cm³/mol. The summed E-state index contributed by atoms with van der Waals surface area (Å²) in [6, 6.07) is -3.87. The number of carbonyl (C=O) groups is 10. The summed E-state index contributed by atoms with van der Waals surface area (Å²) in [7, 11) is 4.35. The molecule has 0 radical (unpaired) electrons. The van der Waals surface area contributed by atoms with Gasteiger partial charge in [0.05, 0.1) is 24.1 Å². The van der Waals surface area contributed by atoms with E-state index < -0.39 is 144 Å². The van der Waals surface area contributed by atoms with E-state index in [1.54, 1.807) is 40.9 Å². The Hall–Kier alpha value is -5.67. The number of fused-ring (bicyclic) bond motifs is 3. The van der Waals surface area contributed by atoms with Gasteiger partial charge < -0.3 is 70.1 Å². The van der Waals surface area contributed by atoms with Gasteiger partial charge in [0.2, 0.25) is 17.6 Å². The molecule has 2 saturated heterocycles. The van der Waals surface area contributed by atoms with Crippen molar-refractivity contribution in [1.29, 1.82) is 0 Å². The number of carbonyl (C=O) groups excluding carboxylic acids is 8. The van der Waals surface area contributed by atoms with E-state index in [-0.39, 0.29) is 73.6 Å². The molecule has 3 aliphatic heterocycles. The zero-order valence-electron chi connectivity index (χ0n) is 52.7. The third kappa shape index (κ3) is 22.4. The van der Waals surface area contributed by atoms with E-state index in [0.29, 0.717) is 63.4 Å². The zero-order valence-corrected chi connectivity index (χ0v) is 53.5. The number of aliphatic carboxylic acids is 2. The van der Waals surface area contributed by atoms with Gasteiger partial charge in [-0.1, -0.05) is 71.1 Å². The SMILES string of the molecule is CO[C@H]1C[C@@H]2CC[C@@H](C)[C@@](O)(O2)C(=O)C(=O)N2CCCC[C@H]2C(=O)OC([C@H](C)C[C@@H]2CC[C@@H](OC(=O)CSC[C@H](NC(=O)CC[C@H](N)C(=O)O)C(=O)NCC(=O)O)[C@H](OC)C2)CC(=O)[C@H](C)/C=C(\C)[C@@H](O)[C@@H](OC)C(=O)[C@H](C)C[C@@H](C)\C=C/C=C/C=C/1C. The molecule has 0 spiro atoms. The molecular formula is C63H96N4O20S. The number of amides is 3. The van der Waals surface area contributed by atoms with Crippen LogP contribution in [0, 0.1) is 35.5 Å². The van der Waals surface area contributed by atoms with Gasteiger partial charge in [-0.3, -0.25) is 43.2 Å². The number of allylic oxidation sites excluding steroid dienone is 6. The van der Waals surface area contributed by atoms with Gasteiger partial charge in [-0.25, -0.2) is 4.79 Å². The van der Waals surface area contributed by atoms with Crippen molar-refractivity contribution in [2.24, 2.45) is 41.2 Å². The first-order valence-electron chi connectivity index (χ1n) is 30.6. The van der Waals surface area contributed by atoms with E-state index in [9.17, 15) is 58.2 Å². The Balaban J connectivity index is 1.59. The lowest BCUT2D eigenvalue weighted by molar-refractivity contribution is -0.265. The van der Waals surface area contributed by atoms with Crippen molar-refractivity contribution in [3.63, 3.8) is 0 Å². The number of rotatable bonds is 19. The molecule has 4 rings (SSSR count). The fourth-order valence-electron chi connectivity index (χ4n) is 11.8. The number of hydrogen-bond donors (Lipinski definition) is 7. The van der Waals surface area contributed by atoms with Gasteiger partial charge in [0, 0.05) is 70.6 Å².